The SMILES string of the molecule is NC[C@H](O)CN(O)c1ccc(N2CCON(C3CC3)CC2)c(F)c1. The van der Waals surface area contributed by atoms with Crippen LogP contribution < -0.4 is 15.7 Å². The Morgan fingerprint density at radius 1 is 1.33 bits per heavy atom. The highest BCUT2D eigenvalue weighted by Crippen LogP contribution is 2.29. The van der Waals surface area contributed by atoms with Crippen LogP contribution in [0.25, 0.3) is 0 Å². The molecule has 0 aromatic heterocycles. The van der Waals surface area contributed by atoms with E-state index in [9.17, 15) is 14.7 Å². The van der Waals surface area contributed by atoms with Crippen LogP contribution in [0.2, 0.25) is 0 Å². The fraction of sp³-hybridized carbons (Fsp3) is 0.625. The maximum absolute atomic E-state index is 14.5. The Labute approximate surface area is 140 Å². The van der Waals surface area contributed by atoms with Crippen molar-refractivity contribution in [3.8, 4) is 0 Å². The van der Waals surface area contributed by atoms with Crippen LogP contribution in [0.5, 0.6) is 0 Å². The summed E-state index contributed by atoms with van der Waals surface area (Å²) in [6.07, 6.45) is 1.47. The first kappa shape index (κ1) is 17.4. The lowest BCUT2D eigenvalue weighted by atomic mass is 10.2. The number of hydrogen-bond acceptors (Lipinski definition) is 7. The quantitative estimate of drug-likeness (QED) is 0.652. The van der Waals surface area contributed by atoms with Gasteiger partial charge in [-0.1, -0.05) is 0 Å². The van der Waals surface area contributed by atoms with Gasteiger partial charge in [0.2, 0.25) is 0 Å². The Balaban J connectivity index is 1.65. The highest BCUT2D eigenvalue weighted by Gasteiger charge is 2.31. The lowest BCUT2D eigenvalue weighted by molar-refractivity contribution is -0.154. The predicted molar refractivity (Wildman–Crippen MR) is 88.5 cm³/mol. The topological polar surface area (TPSA) is 85.4 Å². The van der Waals surface area contributed by atoms with E-state index in [1.54, 1.807) is 12.1 Å². The number of anilines is 2. The molecule has 1 saturated heterocycles. The van der Waals surface area contributed by atoms with Gasteiger partial charge in [-0.2, -0.15) is 5.06 Å². The first-order chi connectivity index (χ1) is 11.6. The van der Waals surface area contributed by atoms with Crippen molar-refractivity contribution >= 4 is 11.4 Å². The average Bonchev–Trinajstić information content (AvgIpc) is 3.40. The van der Waals surface area contributed by atoms with Crippen LogP contribution in [-0.4, -0.2) is 66.9 Å². The molecule has 2 fully saturated rings. The summed E-state index contributed by atoms with van der Waals surface area (Å²) in [5, 5.41) is 22.2. The Bertz CT molecular complexity index is 558. The van der Waals surface area contributed by atoms with Crippen molar-refractivity contribution < 1.29 is 19.5 Å². The van der Waals surface area contributed by atoms with E-state index in [0.29, 0.717) is 31.4 Å². The van der Waals surface area contributed by atoms with Gasteiger partial charge in [0.25, 0.3) is 0 Å². The molecule has 7 nitrogen and oxygen atoms in total. The molecule has 0 spiro atoms. The van der Waals surface area contributed by atoms with Crippen molar-refractivity contribution in [1.29, 1.82) is 0 Å². The summed E-state index contributed by atoms with van der Waals surface area (Å²) in [4.78, 5) is 7.67. The van der Waals surface area contributed by atoms with Crippen molar-refractivity contribution in [3.05, 3.63) is 24.0 Å². The van der Waals surface area contributed by atoms with Gasteiger partial charge in [-0.05, 0) is 25.0 Å². The number of halogens is 1. The lowest BCUT2D eigenvalue weighted by Gasteiger charge is -2.25. The zero-order valence-corrected chi connectivity index (χ0v) is 13.6. The van der Waals surface area contributed by atoms with Gasteiger partial charge in [-0.3, -0.25) is 15.1 Å². The Morgan fingerprint density at radius 2 is 2.12 bits per heavy atom. The number of hydrogen-bond donors (Lipinski definition) is 3. The van der Waals surface area contributed by atoms with Crippen molar-refractivity contribution in [1.82, 2.24) is 5.06 Å². The van der Waals surface area contributed by atoms with E-state index in [4.69, 9.17) is 10.6 Å². The minimum absolute atomic E-state index is 0.0307. The van der Waals surface area contributed by atoms with Crippen LogP contribution in [0.3, 0.4) is 0 Å². The Hall–Kier alpha value is -1.45. The molecule has 2 aliphatic rings. The molecule has 0 amide bonds. The smallest absolute Gasteiger partial charge is 0.148 e. The van der Waals surface area contributed by atoms with Crippen LogP contribution >= 0.6 is 0 Å². The van der Waals surface area contributed by atoms with Gasteiger partial charge in [0.05, 0.1) is 30.6 Å². The number of nitrogens with zero attached hydrogens (tertiary/aromatic N) is 3. The molecule has 1 aromatic carbocycles. The monoisotopic (exact) mass is 340 g/mol. The molecule has 1 aliphatic heterocycles. The number of aliphatic hydroxyl groups is 1. The van der Waals surface area contributed by atoms with Crippen LogP contribution in [0, 0.1) is 5.82 Å². The number of aliphatic hydroxyl groups excluding tert-OH is 1. The second-order valence-corrected chi connectivity index (χ2v) is 6.30. The van der Waals surface area contributed by atoms with Gasteiger partial charge in [0, 0.05) is 38.3 Å². The van der Waals surface area contributed by atoms with Gasteiger partial charge >= 0.3 is 0 Å². The first-order valence-electron chi connectivity index (χ1n) is 8.37. The number of benzene rings is 1. The molecular weight excluding hydrogens is 315 g/mol. The predicted octanol–water partition coefficient (Wildman–Crippen LogP) is 0.557. The summed E-state index contributed by atoms with van der Waals surface area (Å²) < 4.78 is 14.5. The third-order valence-corrected chi connectivity index (χ3v) is 4.39. The molecule has 0 unspecified atom stereocenters. The molecule has 4 N–H and O–H groups in total. The summed E-state index contributed by atoms with van der Waals surface area (Å²) in [6.45, 7) is 2.56. The van der Waals surface area contributed by atoms with Crippen LogP contribution in [-0.2, 0) is 4.84 Å². The van der Waals surface area contributed by atoms with Crippen LogP contribution in [0.1, 0.15) is 12.8 Å². The number of nitrogens with two attached hydrogens (primary N) is 1. The lowest BCUT2D eigenvalue weighted by Crippen LogP contribution is -2.34. The fourth-order valence-corrected chi connectivity index (χ4v) is 2.85. The number of hydroxylamine groups is 3. The van der Waals surface area contributed by atoms with E-state index < -0.39 is 11.9 Å². The first-order valence-corrected chi connectivity index (χ1v) is 8.37. The molecule has 1 heterocycles. The van der Waals surface area contributed by atoms with Gasteiger partial charge < -0.3 is 15.7 Å². The molecule has 134 valence electrons. The molecule has 1 saturated carbocycles. The normalized spacial score (nSPS) is 20.8. The molecule has 0 bridgehead atoms. The van der Waals surface area contributed by atoms with E-state index in [2.05, 4.69) is 0 Å². The zero-order chi connectivity index (χ0) is 17.1. The molecular formula is C16H25FN4O3. The van der Waals surface area contributed by atoms with E-state index in [1.165, 1.54) is 18.9 Å². The molecule has 8 heteroatoms. The standard InChI is InChI=1S/C16H25FN4O3/c17-15-9-13(20(23)11-14(22)10-18)3-4-16(15)19-5-6-21(12-1-2-12)24-8-7-19/h3-4,9,12,14,22-23H,1-2,5-8,10-11,18H2/t14-/m0/s1. The largest absolute Gasteiger partial charge is 0.390 e. The Kier molecular flexibility index (Phi) is 5.52. The zero-order valence-electron chi connectivity index (χ0n) is 13.6. The summed E-state index contributed by atoms with van der Waals surface area (Å²) in [5.74, 6) is -0.409. The van der Waals surface area contributed by atoms with Crippen molar-refractivity contribution in [2.45, 2.75) is 25.0 Å². The van der Waals surface area contributed by atoms with Crippen LogP contribution in [0.15, 0.2) is 18.2 Å². The highest BCUT2D eigenvalue weighted by molar-refractivity contribution is 5.56. The van der Waals surface area contributed by atoms with E-state index in [0.717, 1.165) is 11.6 Å². The summed E-state index contributed by atoms with van der Waals surface area (Å²) in [5.41, 5.74) is 6.10. The second kappa shape index (κ2) is 7.62. The fourth-order valence-electron chi connectivity index (χ4n) is 2.85. The van der Waals surface area contributed by atoms with E-state index >= 15 is 0 Å². The molecule has 24 heavy (non-hydrogen) atoms. The molecule has 0 radical (unpaired) electrons. The van der Waals surface area contributed by atoms with Crippen molar-refractivity contribution in [2.24, 2.45) is 5.73 Å². The van der Waals surface area contributed by atoms with Gasteiger partial charge in [0.15, 0.2) is 0 Å². The third-order valence-electron chi connectivity index (χ3n) is 4.39. The maximum atomic E-state index is 14.5. The van der Waals surface area contributed by atoms with Gasteiger partial charge in [-0.25, -0.2) is 4.39 Å². The Morgan fingerprint density at radius 3 is 2.79 bits per heavy atom. The van der Waals surface area contributed by atoms with Gasteiger partial charge in [-0.15, -0.1) is 0 Å². The van der Waals surface area contributed by atoms with Crippen molar-refractivity contribution in [2.75, 3.05) is 49.3 Å². The van der Waals surface area contributed by atoms with E-state index in [1.807, 2.05) is 9.96 Å². The molecule has 1 aromatic rings. The highest BCUT2D eigenvalue weighted by atomic mass is 19.1. The van der Waals surface area contributed by atoms with Crippen molar-refractivity contribution in [3.63, 3.8) is 0 Å². The van der Waals surface area contributed by atoms with Gasteiger partial charge in [0.1, 0.15) is 5.82 Å². The summed E-state index contributed by atoms with van der Waals surface area (Å²) >= 11 is 0. The second-order valence-electron chi connectivity index (χ2n) is 6.30. The summed E-state index contributed by atoms with van der Waals surface area (Å²) in [6, 6.07) is 5.07. The minimum atomic E-state index is -0.867. The minimum Gasteiger partial charge on any atom is -0.390 e. The molecule has 3 rings (SSSR count). The molecule has 1 atom stereocenters. The number of rotatable bonds is 6. The van der Waals surface area contributed by atoms with E-state index in [-0.39, 0.29) is 18.8 Å². The average molecular weight is 340 g/mol. The maximum Gasteiger partial charge on any atom is 0.148 e. The summed E-state index contributed by atoms with van der Waals surface area (Å²) in [7, 11) is 0. The van der Waals surface area contributed by atoms with Crippen LogP contribution in [0.4, 0.5) is 15.8 Å². The third kappa shape index (κ3) is 4.14. The molecule has 1 aliphatic carbocycles.